The summed E-state index contributed by atoms with van der Waals surface area (Å²) in [5.41, 5.74) is 4.88. The summed E-state index contributed by atoms with van der Waals surface area (Å²) in [5, 5.41) is 0. The number of benzene rings is 1. The van der Waals surface area contributed by atoms with Crippen molar-refractivity contribution in [1.82, 2.24) is 8.75 Å². The van der Waals surface area contributed by atoms with Crippen molar-refractivity contribution in [3.8, 4) is 0 Å². The van der Waals surface area contributed by atoms with E-state index >= 15 is 0 Å². The molecule has 0 amide bonds. The van der Waals surface area contributed by atoms with Gasteiger partial charge in [-0.2, -0.15) is 8.75 Å². The van der Waals surface area contributed by atoms with Crippen LogP contribution in [-0.2, 0) is 0 Å². The Morgan fingerprint density at radius 3 is 2.19 bits per heavy atom. The van der Waals surface area contributed by atoms with E-state index in [9.17, 15) is 0 Å². The third-order valence-electron chi connectivity index (χ3n) is 3.24. The maximum absolute atomic E-state index is 4.46. The van der Waals surface area contributed by atoms with Gasteiger partial charge in [0.05, 0.1) is 11.7 Å². The lowest BCUT2D eigenvalue weighted by molar-refractivity contribution is 0.737. The van der Waals surface area contributed by atoms with Crippen LogP contribution in [0.1, 0.15) is 57.1 Å². The molecule has 86 valence electrons. The molecule has 0 N–H and O–H groups in total. The summed E-state index contributed by atoms with van der Waals surface area (Å²) in [4.78, 5) is 0. The zero-order chi connectivity index (χ0) is 11.7. The molecule has 0 saturated carbocycles. The molecular formula is C13H18N2S. The number of rotatable bonds is 3. The van der Waals surface area contributed by atoms with Crippen LogP contribution in [0, 0.1) is 0 Å². The standard InChI is InChI=1S/C13H18N2S/c1-5-9(4)11-7-6-10(8(2)3)12-13(11)15-16-14-12/h6-9H,5H2,1-4H3. The molecule has 1 aromatic carbocycles. The highest BCUT2D eigenvalue weighted by molar-refractivity contribution is 7.00. The van der Waals surface area contributed by atoms with Gasteiger partial charge in [-0.15, -0.1) is 0 Å². The van der Waals surface area contributed by atoms with Crippen LogP contribution in [0.5, 0.6) is 0 Å². The molecule has 0 aliphatic rings. The van der Waals surface area contributed by atoms with Gasteiger partial charge in [0.1, 0.15) is 11.0 Å². The zero-order valence-corrected chi connectivity index (χ0v) is 11.1. The molecule has 16 heavy (non-hydrogen) atoms. The van der Waals surface area contributed by atoms with E-state index in [0.717, 1.165) is 17.5 Å². The van der Waals surface area contributed by atoms with E-state index in [2.05, 4.69) is 48.6 Å². The molecule has 0 aliphatic heterocycles. The molecule has 0 saturated heterocycles. The fraction of sp³-hybridized carbons (Fsp3) is 0.538. The SMILES string of the molecule is CCC(C)c1ccc(C(C)C)c2nsnc12. The average Bonchev–Trinajstić information content (AvgIpc) is 2.75. The summed E-state index contributed by atoms with van der Waals surface area (Å²) in [6.45, 7) is 8.88. The highest BCUT2D eigenvalue weighted by atomic mass is 32.1. The van der Waals surface area contributed by atoms with Crippen molar-refractivity contribution in [3.63, 3.8) is 0 Å². The van der Waals surface area contributed by atoms with Gasteiger partial charge in [-0.1, -0.05) is 39.8 Å². The van der Waals surface area contributed by atoms with Crippen LogP contribution in [0.15, 0.2) is 12.1 Å². The first kappa shape index (κ1) is 11.5. The summed E-state index contributed by atoms with van der Waals surface area (Å²) in [6, 6.07) is 4.45. The largest absolute Gasteiger partial charge is 0.173 e. The van der Waals surface area contributed by atoms with Crippen molar-refractivity contribution in [2.45, 2.75) is 46.0 Å². The summed E-state index contributed by atoms with van der Waals surface area (Å²) < 4.78 is 8.91. The number of fused-ring (bicyclic) bond motifs is 1. The summed E-state index contributed by atoms with van der Waals surface area (Å²) >= 11 is 1.33. The first-order valence-electron chi connectivity index (χ1n) is 5.90. The molecule has 0 radical (unpaired) electrons. The fourth-order valence-corrected chi connectivity index (χ4v) is 2.58. The van der Waals surface area contributed by atoms with Gasteiger partial charge >= 0.3 is 0 Å². The van der Waals surface area contributed by atoms with Crippen LogP contribution in [0.4, 0.5) is 0 Å². The lowest BCUT2D eigenvalue weighted by atomic mass is 9.93. The third-order valence-corrected chi connectivity index (χ3v) is 3.77. The minimum absolute atomic E-state index is 0.511. The van der Waals surface area contributed by atoms with E-state index in [4.69, 9.17) is 0 Å². The van der Waals surface area contributed by atoms with E-state index < -0.39 is 0 Å². The van der Waals surface area contributed by atoms with Crippen LogP contribution < -0.4 is 0 Å². The molecule has 1 unspecified atom stereocenters. The number of hydrogen-bond acceptors (Lipinski definition) is 3. The number of hydrogen-bond donors (Lipinski definition) is 0. The minimum atomic E-state index is 0.511. The van der Waals surface area contributed by atoms with Crippen molar-refractivity contribution in [3.05, 3.63) is 23.3 Å². The molecule has 0 spiro atoms. The van der Waals surface area contributed by atoms with Crippen molar-refractivity contribution < 1.29 is 0 Å². The molecule has 1 heterocycles. The Hall–Kier alpha value is -0.960. The Kier molecular flexibility index (Phi) is 3.24. The second kappa shape index (κ2) is 4.50. The molecule has 0 aliphatic carbocycles. The quantitative estimate of drug-likeness (QED) is 0.790. The molecule has 2 aromatic rings. The first-order chi connectivity index (χ1) is 7.65. The van der Waals surface area contributed by atoms with E-state index in [1.807, 2.05) is 0 Å². The van der Waals surface area contributed by atoms with Gasteiger partial charge in [0.25, 0.3) is 0 Å². The van der Waals surface area contributed by atoms with Crippen molar-refractivity contribution in [2.24, 2.45) is 0 Å². The molecule has 2 rings (SSSR count). The predicted molar refractivity (Wildman–Crippen MR) is 70.2 cm³/mol. The first-order valence-corrected chi connectivity index (χ1v) is 6.63. The molecule has 2 nitrogen and oxygen atoms in total. The highest BCUT2D eigenvalue weighted by Gasteiger charge is 2.15. The van der Waals surface area contributed by atoms with Crippen LogP contribution >= 0.6 is 11.7 Å². The van der Waals surface area contributed by atoms with Gasteiger partial charge in [-0.25, -0.2) is 0 Å². The Bertz CT molecular complexity index is 488. The number of aromatic nitrogens is 2. The van der Waals surface area contributed by atoms with E-state index in [1.54, 1.807) is 0 Å². The van der Waals surface area contributed by atoms with E-state index in [1.165, 1.54) is 22.9 Å². The Morgan fingerprint density at radius 2 is 1.62 bits per heavy atom. The smallest absolute Gasteiger partial charge is 0.108 e. The molecule has 0 bridgehead atoms. The van der Waals surface area contributed by atoms with E-state index in [0.29, 0.717) is 11.8 Å². The highest BCUT2D eigenvalue weighted by Crippen LogP contribution is 2.31. The minimum Gasteiger partial charge on any atom is -0.173 e. The van der Waals surface area contributed by atoms with Gasteiger partial charge in [0, 0.05) is 0 Å². The second-order valence-corrected chi connectivity index (χ2v) is 5.20. The van der Waals surface area contributed by atoms with Gasteiger partial charge in [-0.05, 0) is 29.4 Å². The van der Waals surface area contributed by atoms with Gasteiger partial charge < -0.3 is 0 Å². The van der Waals surface area contributed by atoms with Crippen LogP contribution in [0.2, 0.25) is 0 Å². The fourth-order valence-electron chi connectivity index (χ4n) is 1.99. The molecular weight excluding hydrogens is 216 g/mol. The molecule has 1 atom stereocenters. The normalized spacial score (nSPS) is 13.6. The summed E-state index contributed by atoms with van der Waals surface area (Å²) in [5.74, 6) is 1.07. The third kappa shape index (κ3) is 1.84. The Labute approximate surface area is 101 Å². The lowest BCUT2D eigenvalue weighted by Gasteiger charge is -2.12. The van der Waals surface area contributed by atoms with Crippen LogP contribution in [-0.4, -0.2) is 8.75 Å². The maximum Gasteiger partial charge on any atom is 0.108 e. The molecule has 1 aromatic heterocycles. The van der Waals surface area contributed by atoms with Crippen LogP contribution in [0.25, 0.3) is 11.0 Å². The lowest BCUT2D eigenvalue weighted by Crippen LogP contribution is -1.96. The zero-order valence-electron chi connectivity index (χ0n) is 10.3. The van der Waals surface area contributed by atoms with Crippen LogP contribution in [0.3, 0.4) is 0 Å². The maximum atomic E-state index is 4.46. The topological polar surface area (TPSA) is 25.8 Å². The van der Waals surface area contributed by atoms with Gasteiger partial charge in [0.2, 0.25) is 0 Å². The van der Waals surface area contributed by atoms with Crippen molar-refractivity contribution in [2.75, 3.05) is 0 Å². The predicted octanol–water partition coefficient (Wildman–Crippen LogP) is 4.33. The van der Waals surface area contributed by atoms with E-state index in [-0.39, 0.29) is 0 Å². The summed E-state index contributed by atoms with van der Waals surface area (Å²) in [7, 11) is 0. The number of nitrogens with zero attached hydrogens (tertiary/aromatic N) is 2. The van der Waals surface area contributed by atoms with Gasteiger partial charge in [-0.3, -0.25) is 0 Å². The van der Waals surface area contributed by atoms with Crippen molar-refractivity contribution in [1.29, 1.82) is 0 Å². The second-order valence-electron chi connectivity index (χ2n) is 4.67. The van der Waals surface area contributed by atoms with Crippen molar-refractivity contribution >= 4 is 22.8 Å². The average molecular weight is 234 g/mol. The monoisotopic (exact) mass is 234 g/mol. The summed E-state index contributed by atoms with van der Waals surface area (Å²) in [6.07, 6.45) is 1.15. The Balaban J connectivity index is 2.63. The Morgan fingerprint density at radius 1 is 1.06 bits per heavy atom. The molecule has 3 heteroatoms. The molecule has 0 fully saturated rings. The van der Waals surface area contributed by atoms with Gasteiger partial charge in [0.15, 0.2) is 0 Å².